The van der Waals surface area contributed by atoms with Crippen molar-refractivity contribution in [2.45, 2.75) is 25.7 Å². The molecule has 0 saturated carbocycles. The number of hydrogen-bond donors (Lipinski definition) is 1. The van der Waals surface area contributed by atoms with E-state index in [4.69, 9.17) is 4.74 Å². The van der Waals surface area contributed by atoms with E-state index in [1.165, 1.54) is 6.42 Å². The third kappa shape index (κ3) is 3.73. The maximum Gasteiger partial charge on any atom is 0.321 e. The Bertz CT molecular complexity index is 751. The van der Waals surface area contributed by atoms with Crippen LogP contribution in [0, 0.1) is 5.41 Å². The Balaban J connectivity index is 1.45. The lowest BCUT2D eigenvalue weighted by Gasteiger charge is -2.45. The molecule has 1 N–H and O–H groups in total. The second-order valence-corrected chi connectivity index (χ2v) is 7.36. The van der Waals surface area contributed by atoms with Crippen LogP contribution in [-0.2, 0) is 4.74 Å². The number of carbonyl (C=O) groups is 1. The van der Waals surface area contributed by atoms with E-state index in [1.807, 2.05) is 47.4 Å². The number of hydrogen-bond acceptors (Lipinski definition) is 3. The van der Waals surface area contributed by atoms with Crippen LogP contribution in [0.25, 0.3) is 11.3 Å². The first kappa shape index (κ1) is 17.0. The van der Waals surface area contributed by atoms with Gasteiger partial charge < -0.3 is 15.0 Å². The molecule has 1 spiro atoms. The van der Waals surface area contributed by atoms with Crippen LogP contribution in [-0.4, -0.2) is 42.2 Å². The molecule has 2 aliphatic heterocycles. The number of carbonyl (C=O) groups excluding carboxylic acids is 1. The lowest BCUT2D eigenvalue weighted by atomic mass is 9.74. The molecule has 0 aliphatic carbocycles. The summed E-state index contributed by atoms with van der Waals surface area (Å²) in [6.07, 6.45) is 6.13. The van der Waals surface area contributed by atoms with Crippen molar-refractivity contribution < 1.29 is 9.53 Å². The van der Waals surface area contributed by atoms with Crippen LogP contribution in [0.15, 0.2) is 48.7 Å². The Kier molecular flexibility index (Phi) is 4.89. The van der Waals surface area contributed by atoms with Crippen molar-refractivity contribution in [2.24, 2.45) is 5.41 Å². The van der Waals surface area contributed by atoms with Gasteiger partial charge in [0.15, 0.2) is 0 Å². The zero-order chi connectivity index (χ0) is 17.8. The van der Waals surface area contributed by atoms with E-state index in [0.29, 0.717) is 0 Å². The van der Waals surface area contributed by atoms with Crippen LogP contribution in [0.5, 0.6) is 0 Å². The van der Waals surface area contributed by atoms with Gasteiger partial charge in [0, 0.05) is 43.8 Å². The van der Waals surface area contributed by atoms with Gasteiger partial charge in [-0.3, -0.25) is 4.98 Å². The van der Waals surface area contributed by atoms with Gasteiger partial charge in [-0.15, -0.1) is 0 Å². The molecule has 4 rings (SSSR count). The van der Waals surface area contributed by atoms with Gasteiger partial charge in [0.2, 0.25) is 0 Å². The standard InChI is InChI=1S/C21H25N3O2/c25-20(24-12-4-8-21(16-24)9-13-26-14-10-21)23-18-7-11-22-19(15-18)17-5-2-1-3-6-17/h1-3,5-7,11,15H,4,8-10,12-14,16H2,(H,22,23,25). The minimum atomic E-state index is -0.0132. The monoisotopic (exact) mass is 351 g/mol. The highest BCUT2D eigenvalue weighted by atomic mass is 16.5. The highest BCUT2D eigenvalue weighted by Crippen LogP contribution is 2.39. The fraction of sp³-hybridized carbons (Fsp3) is 0.429. The number of rotatable bonds is 2. The third-order valence-corrected chi connectivity index (χ3v) is 5.58. The molecule has 5 nitrogen and oxygen atoms in total. The third-order valence-electron chi connectivity index (χ3n) is 5.58. The van der Waals surface area contributed by atoms with Crippen molar-refractivity contribution in [3.63, 3.8) is 0 Å². The van der Waals surface area contributed by atoms with Crippen LogP contribution in [0.2, 0.25) is 0 Å². The fourth-order valence-electron chi connectivity index (χ4n) is 4.07. The highest BCUT2D eigenvalue weighted by Gasteiger charge is 2.38. The molecular formula is C21H25N3O2. The van der Waals surface area contributed by atoms with Crippen LogP contribution < -0.4 is 5.32 Å². The summed E-state index contributed by atoms with van der Waals surface area (Å²) in [4.78, 5) is 19.2. The number of likely N-dealkylation sites (tertiary alicyclic amines) is 1. The van der Waals surface area contributed by atoms with Crippen LogP contribution in [0.1, 0.15) is 25.7 Å². The molecule has 2 amide bonds. The van der Waals surface area contributed by atoms with Crippen molar-refractivity contribution in [3.05, 3.63) is 48.7 Å². The molecule has 1 aromatic heterocycles. The molecule has 0 unspecified atom stereocenters. The minimum Gasteiger partial charge on any atom is -0.381 e. The number of amides is 2. The van der Waals surface area contributed by atoms with Gasteiger partial charge in [0.1, 0.15) is 0 Å². The normalized spacial score (nSPS) is 19.3. The fourth-order valence-corrected chi connectivity index (χ4v) is 4.07. The first-order valence-corrected chi connectivity index (χ1v) is 9.39. The number of aromatic nitrogens is 1. The maximum absolute atomic E-state index is 12.8. The molecule has 0 atom stereocenters. The number of pyridine rings is 1. The van der Waals surface area contributed by atoms with Gasteiger partial charge in [-0.2, -0.15) is 0 Å². The predicted octanol–water partition coefficient (Wildman–Crippen LogP) is 4.17. The van der Waals surface area contributed by atoms with Crippen molar-refractivity contribution in [1.29, 1.82) is 0 Å². The number of urea groups is 1. The minimum absolute atomic E-state index is 0.0132. The molecule has 2 fully saturated rings. The second-order valence-electron chi connectivity index (χ2n) is 7.36. The van der Waals surface area contributed by atoms with Crippen LogP contribution in [0.4, 0.5) is 10.5 Å². The number of nitrogens with zero attached hydrogens (tertiary/aromatic N) is 2. The van der Waals surface area contributed by atoms with E-state index in [9.17, 15) is 4.79 Å². The van der Waals surface area contributed by atoms with Gasteiger partial charge >= 0.3 is 6.03 Å². The lowest BCUT2D eigenvalue weighted by Crippen LogP contribution is -2.49. The summed E-state index contributed by atoms with van der Waals surface area (Å²) in [5, 5.41) is 3.06. The summed E-state index contributed by atoms with van der Waals surface area (Å²) < 4.78 is 5.52. The average Bonchev–Trinajstić information content (AvgIpc) is 2.69. The first-order valence-electron chi connectivity index (χ1n) is 9.39. The second kappa shape index (κ2) is 7.46. The van der Waals surface area contributed by atoms with E-state index in [1.54, 1.807) is 6.20 Å². The zero-order valence-corrected chi connectivity index (χ0v) is 15.0. The largest absolute Gasteiger partial charge is 0.381 e. The number of piperidine rings is 1. The summed E-state index contributed by atoms with van der Waals surface area (Å²) >= 11 is 0. The van der Waals surface area contributed by atoms with E-state index < -0.39 is 0 Å². The van der Waals surface area contributed by atoms with E-state index >= 15 is 0 Å². The summed E-state index contributed by atoms with van der Waals surface area (Å²) in [5.74, 6) is 0. The van der Waals surface area contributed by atoms with Crippen LogP contribution in [0.3, 0.4) is 0 Å². The van der Waals surface area contributed by atoms with Crippen molar-refractivity contribution in [1.82, 2.24) is 9.88 Å². The van der Waals surface area contributed by atoms with E-state index in [-0.39, 0.29) is 11.4 Å². The summed E-state index contributed by atoms with van der Waals surface area (Å²) in [6.45, 7) is 3.30. The Morgan fingerprint density at radius 2 is 1.92 bits per heavy atom. The molecule has 2 saturated heterocycles. The molecule has 2 aliphatic rings. The summed E-state index contributed by atoms with van der Waals surface area (Å²) in [6, 6.07) is 13.8. The quantitative estimate of drug-likeness (QED) is 0.883. The Hall–Kier alpha value is -2.40. The number of nitrogens with one attached hydrogen (secondary N) is 1. The topological polar surface area (TPSA) is 54.5 Å². The molecule has 0 bridgehead atoms. The molecule has 1 aromatic carbocycles. The molecule has 2 aromatic rings. The average molecular weight is 351 g/mol. The van der Waals surface area contributed by atoms with Crippen LogP contribution >= 0.6 is 0 Å². The molecule has 26 heavy (non-hydrogen) atoms. The van der Waals surface area contributed by atoms with E-state index in [2.05, 4.69) is 10.3 Å². The maximum atomic E-state index is 12.8. The SMILES string of the molecule is O=C(Nc1ccnc(-c2ccccc2)c1)N1CCCC2(CCOCC2)C1. The number of anilines is 1. The smallest absolute Gasteiger partial charge is 0.321 e. The predicted molar refractivity (Wildman–Crippen MR) is 102 cm³/mol. The molecule has 5 heteroatoms. The lowest BCUT2D eigenvalue weighted by molar-refractivity contribution is -0.0175. The zero-order valence-electron chi connectivity index (χ0n) is 15.0. The summed E-state index contributed by atoms with van der Waals surface area (Å²) in [7, 11) is 0. The Labute approximate surface area is 154 Å². The highest BCUT2D eigenvalue weighted by molar-refractivity contribution is 5.90. The van der Waals surface area contributed by atoms with Gasteiger partial charge in [0.05, 0.1) is 5.69 Å². The van der Waals surface area contributed by atoms with Gasteiger partial charge in [-0.05, 0) is 43.2 Å². The first-order chi connectivity index (χ1) is 12.7. The Morgan fingerprint density at radius 3 is 2.73 bits per heavy atom. The van der Waals surface area contributed by atoms with Gasteiger partial charge in [0.25, 0.3) is 0 Å². The Morgan fingerprint density at radius 1 is 1.12 bits per heavy atom. The molecule has 3 heterocycles. The van der Waals surface area contributed by atoms with Gasteiger partial charge in [-0.25, -0.2) is 4.79 Å². The molecular weight excluding hydrogens is 326 g/mol. The van der Waals surface area contributed by atoms with Crippen molar-refractivity contribution in [3.8, 4) is 11.3 Å². The number of benzene rings is 1. The molecule has 0 radical (unpaired) electrons. The molecule has 136 valence electrons. The summed E-state index contributed by atoms with van der Waals surface area (Å²) in [5.41, 5.74) is 2.95. The van der Waals surface area contributed by atoms with Crippen molar-refractivity contribution >= 4 is 11.7 Å². The van der Waals surface area contributed by atoms with E-state index in [0.717, 1.165) is 62.5 Å². The van der Waals surface area contributed by atoms with Crippen molar-refractivity contribution in [2.75, 3.05) is 31.6 Å². The number of ether oxygens (including phenoxy) is 1. The van der Waals surface area contributed by atoms with Gasteiger partial charge in [-0.1, -0.05) is 30.3 Å².